The summed E-state index contributed by atoms with van der Waals surface area (Å²) in [4.78, 5) is 17.5. The number of nitrogens with one attached hydrogen (secondary N) is 1. The second-order valence-corrected chi connectivity index (χ2v) is 7.79. The van der Waals surface area contributed by atoms with Crippen LogP contribution in [0.1, 0.15) is 36.8 Å². The fraction of sp³-hybridized carbons (Fsp3) is 0.737. The summed E-state index contributed by atoms with van der Waals surface area (Å²) >= 11 is 0. The third-order valence-corrected chi connectivity index (χ3v) is 6.14. The molecule has 3 saturated heterocycles. The summed E-state index contributed by atoms with van der Waals surface area (Å²) in [6, 6.07) is 4.30. The Balaban J connectivity index is 1.38. The monoisotopic (exact) mass is 347 g/mol. The molecule has 4 heterocycles. The van der Waals surface area contributed by atoms with Crippen LogP contribution in [0.25, 0.3) is 0 Å². The number of hydrogen-bond donors (Lipinski definition) is 1. The molecule has 0 bridgehead atoms. The number of amides is 2. The zero-order chi connectivity index (χ0) is 17.4. The van der Waals surface area contributed by atoms with E-state index in [1.54, 1.807) is 7.11 Å². The van der Waals surface area contributed by atoms with Crippen molar-refractivity contribution in [2.45, 2.75) is 38.3 Å². The largest absolute Gasteiger partial charge is 0.464 e. The lowest BCUT2D eigenvalue weighted by atomic mass is 9.90. The van der Waals surface area contributed by atoms with Crippen LogP contribution >= 0.6 is 0 Å². The molecule has 6 heteroatoms. The maximum atomic E-state index is 12.8. The molecule has 25 heavy (non-hydrogen) atoms. The number of hydrogen-bond acceptors (Lipinski definition) is 4. The van der Waals surface area contributed by atoms with E-state index in [2.05, 4.69) is 10.2 Å². The average molecular weight is 347 g/mol. The second-order valence-electron chi connectivity index (χ2n) is 7.79. The first-order valence-electron chi connectivity index (χ1n) is 9.50. The second kappa shape index (κ2) is 7.00. The highest BCUT2D eigenvalue weighted by molar-refractivity contribution is 5.75. The molecule has 1 aromatic heterocycles. The van der Waals surface area contributed by atoms with E-state index >= 15 is 0 Å². The highest BCUT2D eigenvalue weighted by atomic mass is 16.5. The summed E-state index contributed by atoms with van der Waals surface area (Å²) < 4.78 is 11.0. The Morgan fingerprint density at radius 2 is 2.24 bits per heavy atom. The summed E-state index contributed by atoms with van der Waals surface area (Å²) in [5.74, 6) is 2.89. The van der Waals surface area contributed by atoms with Crippen molar-refractivity contribution >= 4 is 6.03 Å². The number of likely N-dealkylation sites (tertiary alicyclic amines) is 1. The van der Waals surface area contributed by atoms with Gasteiger partial charge in [-0.3, -0.25) is 4.90 Å². The number of aryl methyl sites for hydroxylation is 1. The fourth-order valence-corrected chi connectivity index (χ4v) is 4.96. The molecule has 1 aromatic rings. The molecule has 1 N–H and O–H groups in total. The van der Waals surface area contributed by atoms with Crippen molar-refractivity contribution < 1.29 is 13.9 Å². The molecular weight excluding hydrogens is 318 g/mol. The molecule has 3 aliphatic heterocycles. The number of urea groups is 1. The van der Waals surface area contributed by atoms with Crippen LogP contribution in [0.5, 0.6) is 0 Å². The van der Waals surface area contributed by atoms with Crippen LogP contribution in [0.2, 0.25) is 0 Å². The molecule has 0 saturated carbocycles. The van der Waals surface area contributed by atoms with Gasteiger partial charge in [-0.25, -0.2) is 4.79 Å². The Kier molecular flexibility index (Phi) is 4.73. The predicted octanol–water partition coefficient (Wildman–Crippen LogP) is 2.40. The van der Waals surface area contributed by atoms with Crippen molar-refractivity contribution in [3.05, 3.63) is 23.7 Å². The van der Waals surface area contributed by atoms with E-state index in [1.165, 1.54) is 25.8 Å². The minimum atomic E-state index is -0.238. The summed E-state index contributed by atoms with van der Waals surface area (Å²) in [6.45, 7) is 6.49. The van der Waals surface area contributed by atoms with Gasteiger partial charge in [0.05, 0.1) is 6.61 Å². The third-order valence-electron chi connectivity index (χ3n) is 6.14. The van der Waals surface area contributed by atoms with E-state index in [4.69, 9.17) is 9.15 Å². The molecule has 2 amide bonds. The average Bonchev–Trinajstić information content (AvgIpc) is 3.28. The SMILES string of the molecule is COC[C@H](NC(=O)N1C[C@@H]2CN3CCCC[C@@H]3[C@@H]2C1)c1ccc(C)o1. The standard InChI is InChI=1S/C19H29N3O3/c1-13-6-7-18(25-13)16(12-24-2)20-19(23)22-10-14-9-21-8-4-3-5-17(21)15(14)11-22/h6-7,14-17H,3-5,8-12H2,1-2H3,(H,20,23)/t14-,15+,16-,17+/m0/s1. The van der Waals surface area contributed by atoms with Gasteiger partial charge in [-0.05, 0) is 50.3 Å². The van der Waals surface area contributed by atoms with E-state index in [9.17, 15) is 4.79 Å². The number of fused-ring (bicyclic) bond motifs is 3. The molecule has 0 unspecified atom stereocenters. The number of carbonyl (C=O) groups excluding carboxylic acids is 1. The van der Waals surface area contributed by atoms with Crippen molar-refractivity contribution in [1.29, 1.82) is 0 Å². The molecular formula is C19H29N3O3. The number of carbonyl (C=O) groups is 1. The van der Waals surface area contributed by atoms with Gasteiger partial charge in [0.2, 0.25) is 0 Å². The van der Waals surface area contributed by atoms with Gasteiger partial charge < -0.3 is 19.4 Å². The first-order chi connectivity index (χ1) is 12.2. The van der Waals surface area contributed by atoms with E-state index in [-0.39, 0.29) is 12.1 Å². The van der Waals surface area contributed by atoms with Crippen LogP contribution in [0.4, 0.5) is 4.79 Å². The third kappa shape index (κ3) is 3.29. The summed E-state index contributed by atoms with van der Waals surface area (Å²) in [5.41, 5.74) is 0. The number of ether oxygens (including phenoxy) is 1. The minimum absolute atomic E-state index is 0.00728. The zero-order valence-electron chi connectivity index (χ0n) is 15.2. The van der Waals surface area contributed by atoms with Gasteiger partial charge >= 0.3 is 6.03 Å². The van der Waals surface area contributed by atoms with Gasteiger partial charge in [0.25, 0.3) is 0 Å². The van der Waals surface area contributed by atoms with Crippen molar-refractivity contribution in [3.8, 4) is 0 Å². The van der Waals surface area contributed by atoms with Crippen molar-refractivity contribution in [1.82, 2.24) is 15.1 Å². The Morgan fingerprint density at radius 1 is 1.36 bits per heavy atom. The van der Waals surface area contributed by atoms with Crippen LogP contribution in [0, 0.1) is 18.8 Å². The number of nitrogens with zero attached hydrogens (tertiary/aromatic N) is 2. The first-order valence-corrected chi connectivity index (χ1v) is 9.50. The maximum absolute atomic E-state index is 12.8. The zero-order valence-corrected chi connectivity index (χ0v) is 15.2. The maximum Gasteiger partial charge on any atom is 0.318 e. The molecule has 6 nitrogen and oxygen atoms in total. The van der Waals surface area contributed by atoms with Crippen LogP contribution in [0.3, 0.4) is 0 Å². The van der Waals surface area contributed by atoms with Gasteiger partial charge in [-0.1, -0.05) is 6.42 Å². The fourth-order valence-electron chi connectivity index (χ4n) is 4.96. The molecule has 4 atom stereocenters. The topological polar surface area (TPSA) is 58.0 Å². The molecule has 0 spiro atoms. The van der Waals surface area contributed by atoms with Crippen molar-refractivity contribution in [2.75, 3.05) is 39.9 Å². The highest BCUT2D eigenvalue weighted by Gasteiger charge is 2.48. The van der Waals surface area contributed by atoms with Crippen LogP contribution < -0.4 is 5.32 Å². The Hall–Kier alpha value is -1.53. The van der Waals surface area contributed by atoms with Crippen LogP contribution in [-0.4, -0.2) is 61.8 Å². The highest BCUT2D eigenvalue weighted by Crippen LogP contribution is 2.40. The van der Waals surface area contributed by atoms with Crippen LogP contribution in [-0.2, 0) is 4.74 Å². The molecule has 3 aliphatic rings. The molecule has 138 valence electrons. The van der Waals surface area contributed by atoms with Gasteiger partial charge in [-0.2, -0.15) is 0 Å². The predicted molar refractivity (Wildman–Crippen MR) is 94.4 cm³/mol. The molecule has 3 fully saturated rings. The minimum Gasteiger partial charge on any atom is -0.464 e. The van der Waals surface area contributed by atoms with E-state index < -0.39 is 0 Å². The Morgan fingerprint density at radius 3 is 3.00 bits per heavy atom. The van der Waals surface area contributed by atoms with Crippen molar-refractivity contribution in [2.24, 2.45) is 11.8 Å². The van der Waals surface area contributed by atoms with E-state index in [0.717, 1.165) is 31.2 Å². The molecule has 0 aromatic carbocycles. The summed E-state index contributed by atoms with van der Waals surface area (Å²) in [6.07, 6.45) is 3.97. The normalized spacial score (nSPS) is 30.2. The smallest absolute Gasteiger partial charge is 0.318 e. The van der Waals surface area contributed by atoms with Crippen molar-refractivity contribution in [3.63, 3.8) is 0 Å². The number of methoxy groups -OCH3 is 1. The molecule has 0 aliphatic carbocycles. The Labute approximate surface area is 149 Å². The van der Waals surface area contributed by atoms with Gasteiger partial charge in [-0.15, -0.1) is 0 Å². The van der Waals surface area contributed by atoms with Gasteiger partial charge in [0.1, 0.15) is 17.6 Å². The number of rotatable bonds is 4. The summed E-state index contributed by atoms with van der Waals surface area (Å²) in [5, 5.41) is 3.11. The summed E-state index contributed by atoms with van der Waals surface area (Å²) in [7, 11) is 1.65. The van der Waals surface area contributed by atoms with E-state index in [0.29, 0.717) is 24.5 Å². The quantitative estimate of drug-likeness (QED) is 0.909. The van der Waals surface area contributed by atoms with Gasteiger partial charge in [0.15, 0.2) is 0 Å². The molecule has 0 radical (unpaired) electrons. The first kappa shape index (κ1) is 16.9. The lowest BCUT2D eigenvalue weighted by Gasteiger charge is -2.33. The number of furan rings is 1. The number of piperidine rings is 1. The van der Waals surface area contributed by atoms with E-state index in [1.807, 2.05) is 24.0 Å². The molecule has 4 rings (SSSR count). The lowest BCUT2D eigenvalue weighted by Crippen LogP contribution is -2.45. The van der Waals surface area contributed by atoms with Gasteiger partial charge in [0, 0.05) is 32.8 Å². The Bertz CT molecular complexity index is 617. The lowest BCUT2D eigenvalue weighted by molar-refractivity contribution is 0.139. The van der Waals surface area contributed by atoms with Crippen LogP contribution in [0.15, 0.2) is 16.5 Å².